The average Bonchev–Trinajstić information content (AvgIpc) is 2.20. The standard InChI is InChI=1S/C9H14NO3/c1-2-3-10-4-8-7-5-11-9(13-8)12-6-7/h7-9H,2-3,5-6H2,1H3/q+1. The van der Waals surface area contributed by atoms with Gasteiger partial charge in [-0.1, -0.05) is 11.8 Å². The van der Waals surface area contributed by atoms with Gasteiger partial charge in [0.2, 0.25) is 6.10 Å². The Kier molecular flexibility index (Phi) is 2.79. The van der Waals surface area contributed by atoms with E-state index < -0.39 is 6.48 Å². The van der Waals surface area contributed by atoms with Crippen molar-refractivity contribution in [3.63, 3.8) is 0 Å². The molecular weight excluding hydrogens is 170 g/mol. The molecule has 3 rings (SSSR count). The van der Waals surface area contributed by atoms with Gasteiger partial charge in [0.1, 0.15) is 0 Å². The normalized spacial score (nSPS) is 36.8. The second-order valence-electron chi connectivity index (χ2n) is 3.28. The van der Waals surface area contributed by atoms with Gasteiger partial charge >= 0.3 is 6.07 Å². The first-order valence-electron chi connectivity index (χ1n) is 4.71. The molecule has 1 unspecified atom stereocenters. The van der Waals surface area contributed by atoms with Gasteiger partial charge < -0.3 is 14.2 Å². The van der Waals surface area contributed by atoms with Crippen molar-refractivity contribution < 1.29 is 14.2 Å². The van der Waals surface area contributed by atoms with Crippen molar-refractivity contribution in [2.75, 3.05) is 19.8 Å². The van der Waals surface area contributed by atoms with E-state index in [0.29, 0.717) is 13.2 Å². The summed E-state index contributed by atoms with van der Waals surface area (Å²) >= 11 is 0. The van der Waals surface area contributed by atoms with Crippen LogP contribution in [0.15, 0.2) is 0 Å². The Morgan fingerprint density at radius 1 is 1.38 bits per heavy atom. The molecule has 0 amide bonds. The zero-order chi connectivity index (χ0) is 9.10. The first-order valence-corrected chi connectivity index (χ1v) is 4.71. The topological polar surface area (TPSA) is 32.0 Å². The molecule has 0 aromatic heterocycles. The summed E-state index contributed by atoms with van der Waals surface area (Å²) in [5.41, 5.74) is 0. The van der Waals surface area contributed by atoms with Crippen molar-refractivity contribution in [1.29, 1.82) is 0 Å². The van der Waals surface area contributed by atoms with Gasteiger partial charge in [0, 0.05) is 6.42 Å². The van der Waals surface area contributed by atoms with Crippen LogP contribution in [0.5, 0.6) is 0 Å². The predicted molar refractivity (Wildman–Crippen MR) is 46.5 cm³/mol. The van der Waals surface area contributed by atoms with E-state index in [9.17, 15) is 0 Å². The lowest BCUT2D eigenvalue weighted by Gasteiger charge is -2.37. The lowest BCUT2D eigenvalue weighted by atomic mass is 10.0. The highest BCUT2D eigenvalue weighted by atomic mass is 16.9. The van der Waals surface area contributed by atoms with E-state index in [1.807, 2.05) is 0 Å². The smallest absolute Gasteiger partial charge is 0.305 e. The Labute approximate surface area is 77.6 Å². The second kappa shape index (κ2) is 4.05. The monoisotopic (exact) mass is 184 g/mol. The third kappa shape index (κ3) is 1.99. The summed E-state index contributed by atoms with van der Waals surface area (Å²) in [5.74, 6) is 0.269. The fourth-order valence-corrected chi connectivity index (χ4v) is 1.39. The minimum Gasteiger partial charge on any atom is -0.329 e. The molecule has 4 nitrogen and oxygen atoms in total. The van der Waals surface area contributed by atoms with E-state index in [4.69, 9.17) is 14.2 Å². The fourth-order valence-electron chi connectivity index (χ4n) is 1.39. The molecule has 72 valence electrons. The molecule has 3 fully saturated rings. The molecule has 0 saturated carbocycles. The molecule has 0 N–H and O–H groups in total. The van der Waals surface area contributed by atoms with Gasteiger partial charge in [-0.3, -0.25) is 0 Å². The zero-order valence-corrected chi connectivity index (χ0v) is 7.73. The largest absolute Gasteiger partial charge is 0.329 e. The Morgan fingerprint density at radius 2 is 2.15 bits per heavy atom. The number of fused-ring (bicyclic) bond motifs is 3. The van der Waals surface area contributed by atoms with Crippen LogP contribution in [0.25, 0.3) is 4.85 Å². The number of hydrogen-bond donors (Lipinski definition) is 0. The summed E-state index contributed by atoms with van der Waals surface area (Å²) in [6, 6.07) is 3.00. The average molecular weight is 184 g/mol. The van der Waals surface area contributed by atoms with Gasteiger partial charge in [-0.2, -0.15) is 0 Å². The lowest BCUT2D eigenvalue weighted by Crippen LogP contribution is -2.48. The molecule has 3 heterocycles. The quantitative estimate of drug-likeness (QED) is 0.611. The number of nitrogens with zero attached hydrogens (tertiary/aromatic N) is 1. The van der Waals surface area contributed by atoms with Crippen molar-refractivity contribution in [1.82, 2.24) is 0 Å². The van der Waals surface area contributed by atoms with Crippen LogP contribution in [0.1, 0.15) is 13.3 Å². The number of ether oxygens (including phenoxy) is 3. The zero-order valence-electron chi connectivity index (χ0n) is 7.73. The first-order chi connectivity index (χ1) is 6.40. The molecule has 3 aliphatic heterocycles. The third-order valence-electron chi connectivity index (χ3n) is 2.13. The maximum Gasteiger partial charge on any atom is 0.305 e. The highest BCUT2D eigenvalue weighted by Gasteiger charge is 2.40. The molecule has 3 saturated heterocycles. The van der Waals surface area contributed by atoms with Crippen molar-refractivity contribution in [3.8, 4) is 6.07 Å². The molecule has 0 aromatic rings. The van der Waals surface area contributed by atoms with Crippen LogP contribution in [0.3, 0.4) is 0 Å². The summed E-state index contributed by atoms with van der Waals surface area (Å²) in [5, 5.41) is 0. The minimum absolute atomic E-state index is 0.0287. The molecule has 4 heteroatoms. The van der Waals surface area contributed by atoms with Crippen LogP contribution >= 0.6 is 0 Å². The van der Waals surface area contributed by atoms with Crippen LogP contribution < -0.4 is 0 Å². The molecule has 0 aliphatic carbocycles. The van der Waals surface area contributed by atoms with Gasteiger partial charge in [-0.25, -0.2) is 0 Å². The van der Waals surface area contributed by atoms with Crippen LogP contribution in [-0.4, -0.2) is 32.3 Å². The molecule has 0 radical (unpaired) electrons. The summed E-state index contributed by atoms with van der Waals surface area (Å²) < 4.78 is 15.8. The van der Waals surface area contributed by atoms with Crippen LogP contribution in [0.2, 0.25) is 0 Å². The lowest BCUT2D eigenvalue weighted by molar-refractivity contribution is -0.382. The van der Waals surface area contributed by atoms with Crippen LogP contribution in [0.4, 0.5) is 0 Å². The van der Waals surface area contributed by atoms with Gasteiger partial charge in [-0.15, -0.1) is 0 Å². The second-order valence-corrected chi connectivity index (χ2v) is 3.28. The number of rotatable bonds is 1. The molecule has 3 aliphatic rings. The Hall–Kier alpha value is -0.630. The molecule has 1 atom stereocenters. The molecule has 0 aromatic carbocycles. The summed E-state index contributed by atoms with van der Waals surface area (Å²) in [6.45, 7) is 3.82. The van der Waals surface area contributed by atoms with Gasteiger partial charge in [-0.05, 0) is 0 Å². The molecular formula is C9H14NO3+. The summed E-state index contributed by atoms with van der Waals surface area (Å²) in [4.78, 5) is 4.15. The summed E-state index contributed by atoms with van der Waals surface area (Å²) in [6.07, 6.45) is 1.01. The van der Waals surface area contributed by atoms with Gasteiger partial charge in [0.05, 0.1) is 19.1 Å². The summed E-state index contributed by atoms with van der Waals surface area (Å²) in [7, 11) is 0. The van der Waals surface area contributed by atoms with Gasteiger partial charge in [0.25, 0.3) is 13.0 Å². The highest BCUT2D eigenvalue weighted by molar-refractivity contribution is 5.01. The Morgan fingerprint density at radius 3 is 2.69 bits per heavy atom. The van der Waals surface area contributed by atoms with E-state index in [1.54, 1.807) is 0 Å². The van der Waals surface area contributed by atoms with E-state index in [2.05, 4.69) is 17.8 Å². The van der Waals surface area contributed by atoms with Crippen LogP contribution in [0, 0.1) is 12.0 Å². The van der Waals surface area contributed by atoms with E-state index in [0.717, 1.165) is 13.0 Å². The van der Waals surface area contributed by atoms with E-state index in [-0.39, 0.29) is 12.0 Å². The van der Waals surface area contributed by atoms with Crippen molar-refractivity contribution >= 4 is 0 Å². The fraction of sp³-hybridized carbons (Fsp3) is 0.889. The molecule has 13 heavy (non-hydrogen) atoms. The molecule has 2 bridgehead atoms. The highest BCUT2D eigenvalue weighted by Crippen LogP contribution is 2.25. The van der Waals surface area contributed by atoms with Crippen molar-refractivity contribution in [3.05, 3.63) is 4.85 Å². The Balaban J connectivity index is 1.91. The van der Waals surface area contributed by atoms with Crippen molar-refractivity contribution in [2.24, 2.45) is 5.92 Å². The minimum atomic E-state index is -0.487. The van der Waals surface area contributed by atoms with E-state index in [1.165, 1.54) is 0 Å². The first kappa shape index (κ1) is 8.95. The van der Waals surface area contributed by atoms with Crippen molar-refractivity contribution in [2.45, 2.75) is 25.9 Å². The third-order valence-corrected chi connectivity index (χ3v) is 2.13. The predicted octanol–water partition coefficient (Wildman–Crippen LogP) is 1.07. The van der Waals surface area contributed by atoms with E-state index >= 15 is 0 Å². The van der Waals surface area contributed by atoms with Gasteiger partial charge in [0.15, 0.2) is 0 Å². The SMILES string of the molecule is CCC[N+]#CC1OC2OCC1CO2. The maximum atomic E-state index is 5.38. The molecule has 0 spiro atoms. The van der Waals surface area contributed by atoms with Crippen LogP contribution in [-0.2, 0) is 14.2 Å². The number of hydrogen-bond acceptors (Lipinski definition) is 3. The Bertz CT molecular complexity index is 225. The maximum absolute atomic E-state index is 5.38.